The fourth-order valence-electron chi connectivity index (χ4n) is 2.73. The number of carbonyl (C=O) groups excluding carboxylic acids is 1. The number of nitrogens with one attached hydrogen (secondary N) is 2. The summed E-state index contributed by atoms with van der Waals surface area (Å²) in [5, 5.41) is 2.86. The van der Waals surface area contributed by atoms with Crippen molar-refractivity contribution in [1.82, 2.24) is 5.32 Å². The Morgan fingerprint density at radius 2 is 1.72 bits per heavy atom. The summed E-state index contributed by atoms with van der Waals surface area (Å²) < 4.78 is 16.8. The summed E-state index contributed by atoms with van der Waals surface area (Å²) in [7, 11) is 0. The van der Waals surface area contributed by atoms with E-state index in [9.17, 15) is 9.18 Å². The lowest BCUT2D eigenvalue weighted by Crippen LogP contribution is -2.23. The van der Waals surface area contributed by atoms with Gasteiger partial charge in [0.15, 0.2) is 0 Å². The van der Waals surface area contributed by atoms with Gasteiger partial charge in [-0.3, -0.25) is 4.79 Å². The first-order chi connectivity index (χ1) is 13.9. The van der Waals surface area contributed by atoms with Gasteiger partial charge in [-0.05, 0) is 47.1 Å². The molecule has 0 saturated carbocycles. The monoisotopic (exact) mass is 454 g/mol. The molecule has 0 aliphatic rings. The molecule has 0 aliphatic heterocycles. The molecule has 3 nitrogen and oxygen atoms in total. The van der Waals surface area contributed by atoms with Gasteiger partial charge in [-0.1, -0.05) is 63.1 Å². The number of hydrogen-bond donors (Lipinski definition) is 4. The van der Waals surface area contributed by atoms with E-state index in [1.165, 1.54) is 23.6 Å². The smallest absolute Gasteiger partial charge is 0.220 e. The van der Waals surface area contributed by atoms with Crippen LogP contribution in [-0.4, -0.2) is 12.2 Å². The standard InChI is InChI=1S/C22H29FN2OS.H2S2/c1-5-22(2,3)18-10-6-16(7-11-18)9-13-21(26)24-15-17-8-12-20(25-27-4)19(23)14-17;1-2/h6-8,10-12,14,25H,5,9,13,15H2,1-4H3,(H,24,26);1-2H. The van der Waals surface area contributed by atoms with Crippen molar-refractivity contribution in [3.05, 3.63) is 65.0 Å². The predicted molar refractivity (Wildman–Crippen MR) is 131 cm³/mol. The number of rotatable bonds is 9. The van der Waals surface area contributed by atoms with E-state index in [0.29, 0.717) is 25.1 Å². The summed E-state index contributed by atoms with van der Waals surface area (Å²) in [5.41, 5.74) is 3.84. The Kier molecular flexibility index (Phi) is 11.6. The summed E-state index contributed by atoms with van der Waals surface area (Å²) in [6, 6.07) is 13.5. The van der Waals surface area contributed by atoms with Crippen LogP contribution in [0.3, 0.4) is 0 Å². The molecule has 0 aliphatic carbocycles. The van der Waals surface area contributed by atoms with Gasteiger partial charge in [-0.25, -0.2) is 4.39 Å². The molecule has 0 aromatic heterocycles. The minimum absolute atomic E-state index is 0.0281. The van der Waals surface area contributed by atoms with Crippen molar-refractivity contribution >= 4 is 46.9 Å². The zero-order chi connectivity index (χ0) is 21.9. The van der Waals surface area contributed by atoms with E-state index in [2.05, 4.69) is 78.4 Å². The SMILES string of the molecule is CCC(C)(C)c1ccc(CCC(=O)NCc2ccc(NSC)c(F)c2)cc1.SS. The van der Waals surface area contributed by atoms with Crippen molar-refractivity contribution in [2.24, 2.45) is 0 Å². The fourth-order valence-corrected chi connectivity index (χ4v) is 3.12. The molecule has 2 aromatic carbocycles. The number of anilines is 1. The van der Waals surface area contributed by atoms with Crippen molar-refractivity contribution in [3.63, 3.8) is 0 Å². The predicted octanol–water partition coefficient (Wildman–Crippen LogP) is 6.21. The quantitative estimate of drug-likeness (QED) is 0.207. The van der Waals surface area contributed by atoms with Gasteiger partial charge < -0.3 is 10.0 Å². The maximum absolute atomic E-state index is 13.9. The van der Waals surface area contributed by atoms with Crippen LogP contribution in [-0.2, 0) is 23.2 Å². The first-order valence-electron chi connectivity index (χ1n) is 9.49. The number of amides is 1. The Labute approximate surface area is 189 Å². The van der Waals surface area contributed by atoms with Gasteiger partial charge in [0.1, 0.15) is 5.82 Å². The second kappa shape index (κ2) is 13.1. The molecular formula is C22H31FN2OS3. The van der Waals surface area contributed by atoms with E-state index >= 15 is 0 Å². The molecule has 0 heterocycles. The summed E-state index contributed by atoms with van der Waals surface area (Å²) in [5.74, 6) is -0.342. The van der Waals surface area contributed by atoms with Crippen molar-refractivity contribution in [1.29, 1.82) is 0 Å². The van der Waals surface area contributed by atoms with Crippen LogP contribution in [0.25, 0.3) is 0 Å². The molecule has 0 unspecified atom stereocenters. The minimum atomic E-state index is -0.314. The van der Waals surface area contributed by atoms with Crippen LogP contribution in [0.2, 0.25) is 0 Å². The number of halogens is 1. The molecule has 2 N–H and O–H groups in total. The van der Waals surface area contributed by atoms with E-state index < -0.39 is 0 Å². The van der Waals surface area contributed by atoms with Crippen LogP contribution in [0, 0.1) is 5.82 Å². The highest BCUT2D eigenvalue weighted by Crippen LogP contribution is 2.26. The van der Waals surface area contributed by atoms with E-state index in [1.807, 2.05) is 12.3 Å². The third-order valence-electron chi connectivity index (χ3n) is 5.00. The zero-order valence-corrected chi connectivity index (χ0v) is 20.1. The minimum Gasteiger partial charge on any atom is -0.352 e. The number of aryl methyl sites for hydroxylation is 1. The van der Waals surface area contributed by atoms with Gasteiger partial charge in [-0.15, -0.1) is 23.3 Å². The first kappa shape index (κ1) is 25.7. The van der Waals surface area contributed by atoms with Gasteiger partial charge >= 0.3 is 0 Å². The van der Waals surface area contributed by atoms with Crippen molar-refractivity contribution in [2.75, 3.05) is 11.0 Å². The highest BCUT2D eigenvalue weighted by Gasteiger charge is 2.17. The molecule has 1 amide bonds. The lowest BCUT2D eigenvalue weighted by Gasteiger charge is -2.23. The van der Waals surface area contributed by atoms with Gasteiger partial charge in [0.25, 0.3) is 0 Å². The largest absolute Gasteiger partial charge is 0.352 e. The summed E-state index contributed by atoms with van der Waals surface area (Å²) >= 11 is 7.79. The molecule has 2 rings (SSSR count). The zero-order valence-electron chi connectivity index (χ0n) is 17.5. The molecule has 2 aromatic rings. The molecule has 0 bridgehead atoms. The number of thiol groups is 2. The van der Waals surface area contributed by atoms with E-state index in [-0.39, 0.29) is 17.1 Å². The van der Waals surface area contributed by atoms with Crippen molar-refractivity contribution in [2.45, 2.75) is 52.0 Å². The molecule has 29 heavy (non-hydrogen) atoms. The van der Waals surface area contributed by atoms with E-state index in [1.54, 1.807) is 6.07 Å². The number of benzene rings is 2. The lowest BCUT2D eigenvalue weighted by molar-refractivity contribution is -0.121. The second-order valence-corrected chi connectivity index (χ2v) is 7.94. The molecule has 7 heteroatoms. The Bertz CT molecular complexity index is 767. The van der Waals surface area contributed by atoms with Gasteiger partial charge in [0.05, 0.1) is 5.69 Å². The second-order valence-electron chi connectivity index (χ2n) is 7.33. The fraction of sp³-hybridized carbons (Fsp3) is 0.409. The molecule has 0 fully saturated rings. The highest BCUT2D eigenvalue weighted by atomic mass is 33.1. The lowest BCUT2D eigenvalue weighted by atomic mass is 9.82. The van der Waals surface area contributed by atoms with Crippen LogP contribution >= 0.6 is 35.3 Å². The normalized spacial score (nSPS) is 10.7. The van der Waals surface area contributed by atoms with Crippen LogP contribution in [0.5, 0.6) is 0 Å². The Morgan fingerprint density at radius 1 is 1.10 bits per heavy atom. The van der Waals surface area contributed by atoms with Gasteiger partial charge in [0, 0.05) is 19.2 Å². The topological polar surface area (TPSA) is 41.1 Å². The Hall–Kier alpha value is -1.31. The molecular weight excluding hydrogens is 423 g/mol. The molecule has 160 valence electrons. The highest BCUT2D eigenvalue weighted by molar-refractivity contribution is 8.59. The third kappa shape index (κ3) is 8.52. The summed E-state index contributed by atoms with van der Waals surface area (Å²) in [6.07, 6.45) is 4.05. The summed E-state index contributed by atoms with van der Waals surface area (Å²) in [6.45, 7) is 7.00. The first-order valence-corrected chi connectivity index (χ1v) is 12.3. The molecule has 0 radical (unpaired) electrons. The van der Waals surface area contributed by atoms with Crippen LogP contribution in [0.15, 0.2) is 42.5 Å². The Morgan fingerprint density at radius 3 is 2.28 bits per heavy atom. The van der Waals surface area contributed by atoms with Gasteiger partial charge in [-0.2, -0.15) is 0 Å². The number of carbonyl (C=O) groups is 1. The van der Waals surface area contributed by atoms with E-state index in [0.717, 1.165) is 17.5 Å². The van der Waals surface area contributed by atoms with Crippen LogP contribution in [0.4, 0.5) is 10.1 Å². The molecule has 0 spiro atoms. The maximum Gasteiger partial charge on any atom is 0.220 e. The van der Waals surface area contributed by atoms with Crippen LogP contribution < -0.4 is 10.0 Å². The van der Waals surface area contributed by atoms with Crippen LogP contribution in [0.1, 0.15) is 50.3 Å². The maximum atomic E-state index is 13.9. The average molecular weight is 455 g/mol. The third-order valence-corrected chi connectivity index (χ3v) is 5.42. The van der Waals surface area contributed by atoms with E-state index in [4.69, 9.17) is 0 Å². The van der Waals surface area contributed by atoms with Crippen molar-refractivity contribution in [3.8, 4) is 0 Å². The average Bonchev–Trinajstić information content (AvgIpc) is 2.74. The number of hydrogen-bond acceptors (Lipinski definition) is 5. The molecule has 0 saturated heterocycles. The summed E-state index contributed by atoms with van der Waals surface area (Å²) in [4.78, 5) is 12.1. The van der Waals surface area contributed by atoms with Crippen molar-refractivity contribution < 1.29 is 9.18 Å². The Balaban J connectivity index is 0.00000204. The van der Waals surface area contributed by atoms with Gasteiger partial charge in [0.2, 0.25) is 5.91 Å². The molecule has 0 atom stereocenters.